The summed E-state index contributed by atoms with van der Waals surface area (Å²) in [5.74, 6) is -0.911. The topological polar surface area (TPSA) is 78.9 Å². The van der Waals surface area contributed by atoms with Crippen molar-refractivity contribution in [3.05, 3.63) is 72.9 Å². The molecule has 0 aliphatic carbocycles. The predicted octanol–water partition coefficient (Wildman–Crippen LogP) is 21.3. The summed E-state index contributed by atoms with van der Waals surface area (Å²) in [7, 11) is 0. The number of esters is 3. The molecule has 0 aromatic carbocycles. The Kier molecular flexibility index (Phi) is 58.7. The number of allylic oxidation sites excluding steroid dienone is 12. The molecular weight excluding hydrogens is 901 g/mol. The summed E-state index contributed by atoms with van der Waals surface area (Å²) >= 11 is 0. The maximum atomic E-state index is 12.9. The number of hydrogen-bond acceptors (Lipinski definition) is 6. The fourth-order valence-corrected chi connectivity index (χ4v) is 8.95. The van der Waals surface area contributed by atoms with Crippen molar-refractivity contribution in [2.24, 2.45) is 0 Å². The highest BCUT2D eigenvalue weighted by atomic mass is 16.6. The molecule has 0 radical (unpaired) electrons. The molecule has 1 atom stereocenters. The third-order valence-corrected chi connectivity index (χ3v) is 13.7. The first-order valence-corrected chi connectivity index (χ1v) is 31.4. The zero-order valence-electron chi connectivity index (χ0n) is 48.4. The maximum absolute atomic E-state index is 12.9. The molecule has 0 bridgehead atoms. The lowest BCUT2D eigenvalue weighted by molar-refractivity contribution is -0.167. The summed E-state index contributed by atoms with van der Waals surface area (Å²) in [5, 5.41) is 0. The number of hydrogen-bond donors (Lipinski definition) is 0. The molecule has 0 aromatic rings. The van der Waals surface area contributed by atoms with Crippen LogP contribution in [-0.2, 0) is 28.6 Å². The van der Waals surface area contributed by atoms with Crippen molar-refractivity contribution in [2.45, 2.75) is 322 Å². The van der Waals surface area contributed by atoms with Crippen LogP contribution in [0.2, 0.25) is 0 Å². The van der Waals surface area contributed by atoms with Gasteiger partial charge in [0, 0.05) is 19.3 Å². The summed E-state index contributed by atoms with van der Waals surface area (Å²) < 4.78 is 16.9. The van der Waals surface area contributed by atoms with Gasteiger partial charge in [-0.1, -0.05) is 261 Å². The Morgan fingerprint density at radius 2 is 0.534 bits per heavy atom. The van der Waals surface area contributed by atoms with Crippen LogP contribution in [0.5, 0.6) is 0 Å². The van der Waals surface area contributed by atoms with E-state index in [-0.39, 0.29) is 31.1 Å². The van der Waals surface area contributed by atoms with Gasteiger partial charge in [0.05, 0.1) is 0 Å². The zero-order valence-corrected chi connectivity index (χ0v) is 48.4. The first-order chi connectivity index (χ1) is 36.0. The minimum Gasteiger partial charge on any atom is -0.462 e. The lowest BCUT2D eigenvalue weighted by Crippen LogP contribution is -2.30. The van der Waals surface area contributed by atoms with Gasteiger partial charge in [0.25, 0.3) is 0 Å². The van der Waals surface area contributed by atoms with Gasteiger partial charge in [-0.05, 0) is 109 Å². The van der Waals surface area contributed by atoms with E-state index in [9.17, 15) is 14.4 Å². The monoisotopic (exact) mass is 1020 g/mol. The van der Waals surface area contributed by atoms with Gasteiger partial charge in [0.2, 0.25) is 0 Å². The third kappa shape index (κ3) is 59.6. The van der Waals surface area contributed by atoms with E-state index in [2.05, 4.69) is 93.7 Å². The summed E-state index contributed by atoms with van der Waals surface area (Å²) in [6.07, 6.45) is 79.1. The molecule has 6 nitrogen and oxygen atoms in total. The second kappa shape index (κ2) is 61.4. The molecule has 0 spiro atoms. The van der Waals surface area contributed by atoms with Crippen molar-refractivity contribution in [3.63, 3.8) is 0 Å². The summed E-state index contributed by atoms with van der Waals surface area (Å²) in [6, 6.07) is 0. The molecule has 0 amide bonds. The molecule has 0 aromatic heterocycles. The quantitative estimate of drug-likeness (QED) is 0.0261. The van der Waals surface area contributed by atoms with Crippen LogP contribution in [-0.4, -0.2) is 37.2 Å². The fourth-order valence-electron chi connectivity index (χ4n) is 8.95. The van der Waals surface area contributed by atoms with Crippen LogP contribution in [0.15, 0.2) is 72.9 Å². The molecule has 73 heavy (non-hydrogen) atoms. The van der Waals surface area contributed by atoms with Crippen molar-refractivity contribution >= 4 is 17.9 Å². The predicted molar refractivity (Wildman–Crippen MR) is 316 cm³/mol. The van der Waals surface area contributed by atoms with Crippen molar-refractivity contribution in [3.8, 4) is 0 Å². The number of carbonyl (C=O) groups excluding carboxylic acids is 3. The fraction of sp³-hybridized carbons (Fsp3) is 0.776. The average molecular weight is 1020 g/mol. The van der Waals surface area contributed by atoms with Crippen molar-refractivity contribution in [2.75, 3.05) is 13.2 Å². The van der Waals surface area contributed by atoms with Crippen LogP contribution >= 0.6 is 0 Å². The van der Waals surface area contributed by atoms with E-state index < -0.39 is 6.10 Å². The molecule has 422 valence electrons. The van der Waals surface area contributed by atoms with Gasteiger partial charge in [0.1, 0.15) is 13.2 Å². The minimum absolute atomic E-state index is 0.0868. The normalized spacial score (nSPS) is 12.5. The smallest absolute Gasteiger partial charge is 0.306 e. The lowest BCUT2D eigenvalue weighted by Gasteiger charge is -2.18. The van der Waals surface area contributed by atoms with E-state index in [4.69, 9.17) is 14.2 Å². The highest BCUT2D eigenvalue weighted by molar-refractivity contribution is 5.71. The second-order valence-electron chi connectivity index (χ2n) is 20.9. The molecule has 0 N–H and O–H groups in total. The van der Waals surface area contributed by atoms with E-state index in [1.165, 1.54) is 186 Å². The van der Waals surface area contributed by atoms with Crippen molar-refractivity contribution in [1.29, 1.82) is 0 Å². The molecule has 0 heterocycles. The van der Waals surface area contributed by atoms with E-state index in [1.807, 2.05) is 0 Å². The van der Waals surface area contributed by atoms with Gasteiger partial charge >= 0.3 is 17.9 Å². The largest absolute Gasteiger partial charge is 0.462 e. The Morgan fingerprint density at radius 1 is 0.288 bits per heavy atom. The Labute approximate surface area is 453 Å². The van der Waals surface area contributed by atoms with Crippen LogP contribution in [0.25, 0.3) is 0 Å². The Morgan fingerprint density at radius 3 is 0.863 bits per heavy atom. The van der Waals surface area contributed by atoms with E-state index in [0.29, 0.717) is 19.3 Å². The van der Waals surface area contributed by atoms with Gasteiger partial charge in [0.15, 0.2) is 6.10 Å². The van der Waals surface area contributed by atoms with E-state index in [0.717, 1.165) is 89.9 Å². The van der Waals surface area contributed by atoms with E-state index in [1.54, 1.807) is 0 Å². The maximum Gasteiger partial charge on any atom is 0.306 e. The standard InChI is InChI=1S/C67H118O6/c1-4-7-10-13-16-19-22-25-27-29-31-33-35-37-39-42-45-48-51-54-57-60-66(69)72-63-64(62-71-65(68)59-56-53-50-47-44-41-24-21-18-15-12-9-6-3)73-67(70)61-58-55-52-49-46-43-40-38-36-34-32-30-28-26-23-20-17-14-11-8-5-2/h9,12,18,21-22,25,29-32,41,44,64H,4-8,10-11,13-17,19-20,23-24,26-28,33-40,42-43,45-63H2,1-3H3/b12-9-,21-18-,25-22-,31-29-,32-30-,44-41-. The molecular formula is C67H118O6. The molecule has 1 unspecified atom stereocenters. The molecule has 0 fully saturated rings. The van der Waals surface area contributed by atoms with E-state index >= 15 is 0 Å². The highest BCUT2D eigenvalue weighted by Gasteiger charge is 2.19. The van der Waals surface area contributed by atoms with Gasteiger partial charge < -0.3 is 14.2 Å². The van der Waals surface area contributed by atoms with Gasteiger partial charge in [-0.2, -0.15) is 0 Å². The van der Waals surface area contributed by atoms with Crippen molar-refractivity contribution < 1.29 is 28.6 Å². The van der Waals surface area contributed by atoms with Gasteiger partial charge in [-0.15, -0.1) is 0 Å². The Hall–Kier alpha value is -3.15. The molecule has 0 rings (SSSR count). The number of ether oxygens (including phenoxy) is 3. The van der Waals surface area contributed by atoms with Crippen LogP contribution in [0.4, 0.5) is 0 Å². The molecule has 6 heteroatoms. The summed E-state index contributed by atoms with van der Waals surface area (Å²) in [4.78, 5) is 38.3. The third-order valence-electron chi connectivity index (χ3n) is 13.7. The lowest BCUT2D eigenvalue weighted by atomic mass is 10.1. The molecule has 0 aliphatic heterocycles. The van der Waals surface area contributed by atoms with Crippen LogP contribution in [0, 0.1) is 0 Å². The number of unbranched alkanes of at least 4 members (excludes halogenated alkanes) is 34. The Balaban J connectivity index is 4.35. The second-order valence-corrected chi connectivity index (χ2v) is 20.9. The first-order valence-electron chi connectivity index (χ1n) is 31.4. The molecule has 0 aliphatic rings. The number of carbonyl (C=O) groups is 3. The van der Waals surface area contributed by atoms with Crippen molar-refractivity contribution in [1.82, 2.24) is 0 Å². The first kappa shape index (κ1) is 69.8. The number of rotatable bonds is 57. The summed E-state index contributed by atoms with van der Waals surface area (Å²) in [6.45, 7) is 6.52. The highest BCUT2D eigenvalue weighted by Crippen LogP contribution is 2.16. The SMILES string of the molecule is CC/C=C\C/C=C\C/C=C\CCCCCC(=O)OCC(COC(=O)CCCCCCCCCCC/C=C\C/C=C\CCCCCCC)OC(=O)CCCCCCCCCCC/C=C\CCCCCCCCCC. The zero-order chi connectivity index (χ0) is 52.9. The van der Waals surface area contributed by atoms with Crippen LogP contribution in [0.1, 0.15) is 316 Å². The minimum atomic E-state index is -0.791. The van der Waals surface area contributed by atoms with Crippen LogP contribution in [0.3, 0.4) is 0 Å². The Bertz CT molecular complexity index is 1360. The molecule has 0 saturated heterocycles. The van der Waals surface area contributed by atoms with Crippen LogP contribution < -0.4 is 0 Å². The van der Waals surface area contributed by atoms with Gasteiger partial charge in [-0.3, -0.25) is 14.4 Å². The van der Waals surface area contributed by atoms with Gasteiger partial charge in [-0.25, -0.2) is 0 Å². The average Bonchev–Trinajstić information content (AvgIpc) is 3.39. The summed E-state index contributed by atoms with van der Waals surface area (Å²) in [5.41, 5.74) is 0. The molecule has 0 saturated carbocycles.